The highest BCUT2D eigenvalue weighted by atomic mass is 32.2. The van der Waals surface area contributed by atoms with Gasteiger partial charge < -0.3 is 5.32 Å². The zero-order chi connectivity index (χ0) is 11.8. The van der Waals surface area contributed by atoms with Gasteiger partial charge in [0.2, 0.25) is 5.91 Å². The maximum Gasteiger partial charge on any atom is 0.221 e. The van der Waals surface area contributed by atoms with E-state index in [4.69, 9.17) is 0 Å². The molecule has 0 bridgehead atoms. The van der Waals surface area contributed by atoms with Gasteiger partial charge in [-0.2, -0.15) is 0 Å². The Bertz CT molecular complexity index is 505. The van der Waals surface area contributed by atoms with Gasteiger partial charge in [0.25, 0.3) is 0 Å². The molecule has 1 aromatic carbocycles. The molecule has 1 aliphatic rings. The molecule has 16 heavy (non-hydrogen) atoms. The highest BCUT2D eigenvalue weighted by molar-refractivity contribution is 7.92. The maximum atomic E-state index is 12.1. The van der Waals surface area contributed by atoms with Crippen molar-refractivity contribution < 1.29 is 13.2 Å². The molecular weight excluding hydrogens is 226 g/mol. The van der Waals surface area contributed by atoms with Crippen LogP contribution in [0, 0.1) is 6.92 Å². The molecular formula is C11H13NO3S. The standard InChI is InChI=1S/C11H13NO3S/c1-8-2-4-9(5-3-8)16(14,15)11-7-6-10(13)12-11/h2-5,11H,6-7H2,1H3,(H,12,13). The molecule has 1 fully saturated rings. The van der Waals surface area contributed by atoms with Gasteiger partial charge in [0.1, 0.15) is 5.37 Å². The number of amides is 1. The monoisotopic (exact) mass is 239 g/mol. The van der Waals surface area contributed by atoms with Crippen molar-refractivity contribution in [2.45, 2.75) is 30.0 Å². The van der Waals surface area contributed by atoms with E-state index in [0.717, 1.165) is 5.56 Å². The minimum absolute atomic E-state index is 0.194. The van der Waals surface area contributed by atoms with Crippen molar-refractivity contribution in [2.24, 2.45) is 0 Å². The van der Waals surface area contributed by atoms with Gasteiger partial charge in [0.15, 0.2) is 9.84 Å². The SMILES string of the molecule is Cc1ccc(S(=O)(=O)C2CCC(=O)N2)cc1. The number of hydrogen-bond donors (Lipinski definition) is 1. The van der Waals surface area contributed by atoms with E-state index in [2.05, 4.69) is 5.32 Å². The molecule has 1 amide bonds. The Morgan fingerprint density at radius 3 is 2.38 bits per heavy atom. The number of benzene rings is 1. The van der Waals surface area contributed by atoms with Gasteiger partial charge in [-0.15, -0.1) is 0 Å². The van der Waals surface area contributed by atoms with Gasteiger partial charge in [-0.05, 0) is 25.5 Å². The van der Waals surface area contributed by atoms with Crippen LogP contribution in [-0.2, 0) is 14.6 Å². The molecule has 1 N–H and O–H groups in total. The summed E-state index contributed by atoms with van der Waals surface area (Å²) in [5, 5.41) is 1.72. The lowest BCUT2D eigenvalue weighted by molar-refractivity contribution is -0.119. The smallest absolute Gasteiger partial charge is 0.221 e. The summed E-state index contributed by atoms with van der Waals surface area (Å²) in [6.45, 7) is 1.90. The average Bonchev–Trinajstić information content (AvgIpc) is 2.66. The van der Waals surface area contributed by atoms with E-state index in [-0.39, 0.29) is 17.2 Å². The van der Waals surface area contributed by atoms with E-state index in [0.29, 0.717) is 6.42 Å². The van der Waals surface area contributed by atoms with Crippen molar-refractivity contribution in [2.75, 3.05) is 0 Å². The molecule has 4 nitrogen and oxygen atoms in total. The fourth-order valence-electron chi connectivity index (χ4n) is 1.71. The van der Waals surface area contributed by atoms with Crippen LogP contribution < -0.4 is 5.32 Å². The largest absolute Gasteiger partial charge is 0.339 e. The van der Waals surface area contributed by atoms with Gasteiger partial charge in [0, 0.05) is 6.42 Å². The van der Waals surface area contributed by atoms with Crippen LogP contribution in [0.4, 0.5) is 0 Å². The molecule has 1 aliphatic heterocycles. The Labute approximate surface area is 94.6 Å². The number of hydrogen-bond acceptors (Lipinski definition) is 3. The van der Waals surface area contributed by atoms with E-state index in [1.54, 1.807) is 24.3 Å². The van der Waals surface area contributed by atoms with Crippen molar-refractivity contribution in [1.82, 2.24) is 5.32 Å². The highest BCUT2D eigenvalue weighted by Crippen LogP contribution is 2.21. The highest BCUT2D eigenvalue weighted by Gasteiger charge is 2.33. The van der Waals surface area contributed by atoms with Crippen LogP contribution >= 0.6 is 0 Å². The Morgan fingerprint density at radius 2 is 1.88 bits per heavy atom. The molecule has 1 aromatic rings. The first-order chi connectivity index (χ1) is 7.50. The molecule has 86 valence electrons. The zero-order valence-corrected chi connectivity index (χ0v) is 9.75. The van der Waals surface area contributed by atoms with Crippen LogP contribution in [0.3, 0.4) is 0 Å². The molecule has 0 saturated carbocycles. The third-order valence-corrected chi connectivity index (χ3v) is 4.71. The molecule has 1 atom stereocenters. The normalized spacial score (nSPS) is 20.8. The quantitative estimate of drug-likeness (QED) is 0.837. The third kappa shape index (κ3) is 1.95. The van der Waals surface area contributed by atoms with Crippen LogP contribution in [0.2, 0.25) is 0 Å². The van der Waals surface area contributed by atoms with Crippen molar-refractivity contribution >= 4 is 15.7 Å². The van der Waals surface area contributed by atoms with E-state index in [1.807, 2.05) is 6.92 Å². The predicted molar refractivity (Wildman–Crippen MR) is 59.5 cm³/mol. The van der Waals surface area contributed by atoms with E-state index in [9.17, 15) is 13.2 Å². The summed E-state index contributed by atoms with van der Waals surface area (Å²) in [6, 6.07) is 6.66. The Kier molecular flexibility index (Phi) is 2.71. The Balaban J connectivity index is 2.32. The van der Waals surface area contributed by atoms with Gasteiger partial charge in [-0.3, -0.25) is 4.79 Å². The van der Waals surface area contributed by atoms with Crippen LogP contribution in [-0.4, -0.2) is 19.7 Å². The number of rotatable bonds is 2. The second-order valence-electron chi connectivity index (χ2n) is 3.95. The molecule has 0 aliphatic carbocycles. The fourth-order valence-corrected chi connectivity index (χ4v) is 3.27. The molecule has 0 spiro atoms. The van der Waals surface area contributed by atoms with Crippen molar-refractivity contribution in [3.05, 3.63) is 29.8 Å². The van der Waals surface area contributed by atoms with E-state index < -0.39 is 15.2 Å². The van der Waals surface area contributed by atoms with Crippen LogP contribution in [0.5, 0.6) is 0 Å². The predicted octanol–water partition coefficient (Wildman–Crippen LogP) is 1.00. The minimum Gasteiger partial charge on any atom is -0.339 e. The van der Waals surface area contributed by atoms with Crippen LogP contribution in [0.1, 0.15) is 18.4 Å². The molecule has 0 radical (unpaired) electrons. The fraction of sp³-hybridized carbons (Fsp3) is 0.364. The van der Waals surface area contributed by atoms with Crippen molar-refractivity contribution in [3.8, 4) is 0 Å². The first-order valence-electron chi connectivity index (χ1n) is 5.10. The molecule has 1 heterocycles. The summed E-state index contributed by atoms with van der Waals surface area (Å²) in [6.07, 6.45) is 0.644. The lowest BCUT2D eigenvalue weighted by atomic mass is 10.2. The van der Waals surface area contributed by atoms with Crippen LogP contribution in [0.15, 0.2) is 29.2 Å². The molecule has 1 unspecified atom stereocenters. The average molecular weight is 239 g/mol. The Hall–Kier alpha value is -1.36. The van der Waals surface area contributed by atoms with E-state index in [1.165, 1.54) is 0 Å². The lowest BCUT2D eigenvalue weighted by Gasteiger charge is -2.11. The van der Waals surface area contributed by atoms with Crippen LogP contribution in [0.25, 0.3) is 0 Å². The van der Waals surface area contributed by atoms with Gasteiger partial charge in [-0.25, -0.2) is 8.42 Å². The topological polar surface area (TPSA) is 63.2 Å². The summed E-state index contributed by atoms with van der Waals surface area (Å²) < 4.78 is 24.2. The summed E-state index contributed by atoms with van der Waals surface area (Å²) in [5.74, 6) is -0.194. The van der Waals surface area contributed by atoms with Gasteiger partial charge in [-0.1, -0.05) is 17.7 Å². The summed E-state index contributed by atoms with van der Waals surface area (Å²) >= 11 is 0. The third-order valence-electron chi connectivity index (χ3n) is 2.68. The number of sulfone groups is 1. The molecule has 0 aromatic heterocycles. The van der Waals surface area contributed by atoms with Gasteiger partial charge >= 0.3 is 0 Å². The number of carbonyl (C=O) groups is 1. The van der Waals surface area contributed by atoms with Crippen molar-refractivity contribution in [1.29, 1.82) is 0 Å². The maximum absolute atomic E-state index is 12.1. The summed E-state index contributed by atoms with van der Waals surface area (Å²) in [4.78, 5) is 11.3. The first-order valence-corrected chi connectivity index (χ1v) is 6.65. The zero-order valence-electron chi connectivity index (χ0n) is 8.93. The lowest BCUT2D eigenvalue weighted by Crippen LogP contribution is -2.33. The Morgan fingerprint density at radius 1 is 1.25 bits per heavy atom. The van der Waals surface area contributed by atoms with Crippen molar-refractivity contribution in [3.63, 3.8) is 0 Å². The molecule has 1 saturated heterocycles. The summed E-state index contributed by atoms with van der Waals surface area (Å²) in [7, 11) is -3.42. The number of carbonyl (C=O) groups excluding carboxylic acids is 1. The number of nitrogens with one attached hydrogen (secondary N) is 1. The second-order valence-corrected chi connectivity index (χ2v) is 6.08. The first kappa shape index (κ1) is 11.1. The number of aryl methyl sites for hydroxylation is 1. The molecule has 2 rings (SSSR count). The minimum atomic E-state index is -3.42. The second kappa shape index (κ2) is 3.90. The van der Waals surface area contributed by atoms with E-state index >= 15 is 0 Å². The summed E-state index contributed by atoms with van der Waals surface area (Å²) in [5.41, 5.74) is 1.01. The molecule has 5 heteroatoms. The van der Waals surface area contributed by atoms with Gasteiger partial charge in [0.05, 0.1) is 4.90 Å².